The Balaban J connectivity index is 1.68. The molecule has 0 aromatic heterocycles. The lowest BCUT2D eigenvalue weighted by Gasteiger charge is -2.22. The van der Waals surface area contributed by atoms with E-state index in [2.05, 4.69) is 5.32 Å². The molecule has 25 heavy (non-hydrogen) atoms. The van der Waals surface area contributed by atoms with Crippen LogP contribution in [-0.2, 0) is 20.7 Å². The second kappa shape index (κ2) is 8.12. The van der Waals surface area contributed by atoms with Crippen molar-refractivity contribution >= 4 is 22.6 Å². The number of carbonyl (C=O) groups excluding carboxylic acids is 1. The third-order valence-electron chi connectivity index (χ3n) is 4.75. The second-order valence-electron chi connectivity index (χ2n) is 6.56. The molecule has 1 unspecified atom stereocenters. The minimum absolute atomic E-state index is 0.195. The number of carboxylic acid groups (broad SMARTS) is 1. The first kappa shape index (κ1) is 17.4. The summed E-state index contributed by atoms with van der Waals surface area (Å²) >= 11 is 0. The predicted molar refractivity (Wildman–Crippen MR) is 95.4 cm³/mol. The number of rotatable bonds is 6. The van der Waals surface area contributed by atoms with Gasteiger partial charge in [-0.05, 0) is 35.1 Å². The van der Waals surface area contributed by atoms with Crippen LogP contribution in [0.1, 0.15) is 24.8 Å². The monoisotopic (exact) mass is 341 g/mol. The molecule has 3 rings (SSSR count). The quantitative estimate of drug-likeness (QED) is 0.847. The number of hydrogen-bond donors (Lipinski definition) is 2. The van der Waals surface area contributed by atoms with Crippen molar-refractivity contribution in [1.82, 2.24) is 5.32 Å². The van der Waals surface area contributed by atoms with Crippen LogP contribution in [0.3, 0.4) is 0 Å². The summed E-state index contributed by atoms with van der Waals surface area (Å²) in [6.45, 7) is 1.35. The Labute approximate surface area is 147 Å². The fourth-order valence-electron chi connectivity index (χ4n) is 3.36. The molecule has 1 fully saturated rings. The Bertz CT molecular complexity index is 747. The highest BCUT2D eigenvalue weighted by atomic mass is 16.5. The minimum atomic E-state index is -1.01. The van der Waals surface area contributed by atoms with E-state index in [1.54, 1.807) is 0 Å². The summed E-state index contributed by atoms with van der Waals surface area (Å²) in [4.78, 5) is 23.9. The number of carbonyl (C=O) groups is 2. The Hall–Kier alpha value is -2.40. The molecular formula is C20H23NO4. The molecule has 2 aromatic carbocycles. The van der Waals surface area contributed by atoms with Crippen molar-refractivity contribution in [2.24, 2.45) is 5.92 Å². The van der Waals surface area contributed by atoms with Gasteiger partial charge in [-0.25, -0.2) is 4.79 Å². The van der Waals surface area contributed by atoms with E-state index in [1.807, 2.05) is 42.5 Å². The van der Waals surface area contributed by atoms with E-state index < -0.39 is 12.0 Å². The van der Waals surface area contributed by atoms with Crippen molar-refractivity contribution in [3.63, 3.8) is 0 Å². The molecule has 132 valence electrons. The fraction of sp³-hybridized carbons (Fsp3) is 0.400. The number of amides is 1. The third kappa shape index (κ3) is 4.57. The van der Waals surface area contributed by atoms with E-state index in [0.717, 1.165) is 29.2 Å². The summed E-state index contributed by atoms with van der Waals surface area (Å²) in [6.07, 6.45) is 2.35. The van der Waals surface area contributed by atoms with Crippen molar-refractivity contribution in [2.45, 2.75) is 31.7 Å². The lowest BCUT2D eigenvalue weighted by Crippen LogP contribution is -2.43. The van der Waals surface area contributed by atoms with Crippen molar-refractivity contribution in [3.8, 4) is 0 Å². The van der Waals surface area contributed by atoms with Crippen LogP contribution in [0, 0.1) is 5.92 Å². The van der Waals surface area contributed by atoms with Gasteiger partial charge in [0.15, 0.2) is 0 Å². The SMILES string of the molecule is O=C(CC1CCOCC1)NC(Cc1cccc2ccccc12)C(=O)O. The van der Waals surface area contributed by atoms with Gasteiger partial charge in [-0.15, -0.1) is 0 Å². The minimum Gasteiger partial charge on any atom is -0.480 e. The highest BCUT2D eigenvalue weighted by Crippen LogP contribution is 2.21. The fourth-order valence-corrected chi connectivity index (χ4v) is 3.36. The molecule has 2 aromatic rings. The van der Waals surface area contributed by atoms with Gasteiger partial charge in [0.1, 0.15) is 6.04 Å². The maximum atomic E-state index is 12.3. The van der Waals surface area contributed by atoms with Crippen molar-refractivity contribution < 1.29 is 19.4 Å². The zero-order valence-corrected chi connectivity index (χ0v) is 14.1. The standard InChI is InChI=1S/C20H23NO4/c22-19(12-14-8-10-25-11-9-14)21-18(20(23)24)13-16-6-3-5-15-4-1-2-7-17(15)16/h1-7,14,18H,8-13H2,(H,21,22)(H,23,24). The van der Waals surface area contributed by atoms with Crippen LogP contribution in [0.2, 0.25) is 0 Å². The van der Waals surface area contributed by atoms with Crippen LogP contribution in [0.4, 0.5) is 0 Å². The highest BCUT2D eigenvalue weighted by molar-refractivity contribution is 5.88. The summed E-state index contributed by atoms with van der Waals surface area (Å²) in [5.74, 6) is -0.923. The van der Waals surface area contributed by atoms with Crippen LogP contribution in [0.15, 0.2) is 42.5 Å². The number of ether oxygens (including phenoxy) is 1. The summed E-state index contributed by atoms with van der Waals surface area (Å²) in [5, 5.41) is 14.3. The van der Waals surface area contributed by atoms with Gasteiger partial charge in [0.05, 0.1) is 0 Å². The number of carboxylic acids is 1. The Morgan fingerprint density at radius 2 is 1.84 bits per heavy atom. The molecule has 1 atom stereocenters. The smallest absolute Gasteiger partial charge is 0.326 e. The maximum absolute atomic E-state index is 12.3. The molecule has 1 amide bonds. The molecule has 1 aliphatic rings. The van der Waals surface area contributed by atoms with Gasteiger partial charge in [0.25, 0.3) is 0 Å². The molecule has 5 nitrogen and oxygen atoms in total. The Kier molecular flexibility index (Phi) is 5.66. The molecule has 0 aliphatic carbocycles. The van der Waals surface area contributed by atoms with Gasteiger partial charge in [0, 0.05) is 26.1 Å². The third-order valence-corrected chi connectivity index (χ3v) is 4.75. The number of fused-ring (bicyclic) bond motifs is 1. The number of benzene rings is 2. The van der Waals surface area contributed by atoms with Gasteiger partial charge in [-0.1, -0.05) is 42.5 Å². The molecule has 0 bridgehead atoms. The van der Waals surface area contributed by atoms with Crippen molar-refractivity contribution in [3.05, 3.63) is 48.0 Å². The number of hydrogen-bond acceptors (Lipinski definition) is 3. The summed E-state index contributed by atoms with van der Waals surface area (Å²) in [5.41, 5.74) is 0.928. The van der Waals surface area contributed by atoms with Crippen LogP contribution in [0.25, 0.3) is 10.8 Å². The molecule has 1 saturated heterocycles. The predicted octanol–water partition coefficient (Wildman–Crippen LogP) is 2.77. The maximum Gasteiger partial charge on any atom is 0.326 e. The van der Waals surface area contributed by atoms with Crippen molar-refractivity contribution in [1.29, 1.82) is 0 Å². The van der Waals surface area contributed by atoms with Crippen molar-refractivity contribution in [2.75, 3.05) is 13.2 Å². The number of aliphatic carboxylic acids is 1. The van der Waals surface area contributed by atoms with E-state index in [4.69, 9.17) is 4.74 Å². The molecule has 1 aliphatic heterocycles. The highest BCUT2D eigenvalue weighted by Gasteiger charge is 2.24. The van der Waals surface area contributed by atoms with Crippen LogP contribution < -0.4 is 5.32 Å². The van der Waals surface area contributed by atoms with E-state index in [1.165, 1.54) is 0 Å². The lowest BCUT2D eigenvalue weighted by molar-refractivity contribution is -0.142. The average molecular weight is 341 g/mol. The van der Waals surface area contributed by atoms with E-state index >= 15 is 0 Å². The zero-order chi connectivity index (χ0) is 17.6. The van der Waals surface area contributed by atoms with Gasteiger partial charge < -0.3 is 15.2 Å². The lowest BCUT2D eigenvalue weighted by atomic mass is 9.95. The normalized spacial score (nSPS) is 16.5. The second-order valence-corrected chi connectivity index (χ2v) is 6.56. The first-order valence-electron chi connectivity index (χ1n) is 8.70. The van der Waals surface area contributed by atoms with Crippen LogP contribution in [-0.4, -0.2) is 36.2 Å². The summed E-state index contributed by atoms with van der Waals surface area (Å²) in [6, 6.07) is 12.8. The topological polar surface area (TPSA) is 75.6 Å². The van der Waals surface area contributed by atoms with Gasteiger partial charge >= 0.3 is 5.97 Å². The van der Waals surface area contributed by atoms with Crippen LogP contribution >= 0.6 is 0 Å². The first-order valence-corrected chi connectivity index (χ1v) is 8.70. The Morgan fingerprint density at radius 1 is 1.12 bits per heavy atom. The summed E-state index contributed by atoms with van der Waals surface area (Å²) in [7, 11) is 0. The summed E-state index contributed by atoms with van der Waals surface area (Å²) < 4.78 is 5.29. The van der Waals surface area contributed by atoms with E-state index in [-0.39, 0.29) is 18.2 Å². The zero-order valence-electron chi connectivity index (χ0n) is 14.1. The van der Waals surface area contributed by atoms with Crippen LogP contribution in [0.5, 0.6) is 0 Å². The molecule has 1 heterocycles. The Morgan fingerprint density at radius 3 is 2.60 bits per heavy atom. The number of nitrogens with one attached hydrogen (secondary N) is 1. The molecule has 0 radical (unpaired) electrons. The van der Waals surface area contributed by atoms with E-state index in [9.17, 15) is 14.7 Å². The molecule has 2 N–H and O–H groups in total. The first-order chi connectivity index (χ1) is 12.1. The molecular weight excluding hydrogens is 318 g/mol. The molecule has 0 spiro atoms. The van der Waals surface area contributed by atoms with Gasteiger partial charge in [-0.2, -0.15) is 0 Å². The molecule has 5 heteroatoms. The van der Waals surface area contributed by atoms with Gasteiger partial charge in [0.2, 0.25) is 5.91 Å². The van der Waals surface area contributed by atoms with E-state index in [0.29, 0.717) is 19.6 Å². The average Bonchev–Trinajstić information content (AvgIpc) is 2.62. The molecule has 0 saturated carbocycles. The largest absolute Gasteiger partial charge is 0.480 e. The van der Waals surface area contributed by atoms with Gasteiger partial charge in [-0.3, -0.25) is 4.79 Å².